The van der Waals surface area contributed by atoms with E-state index in [1.165, 1.54) is 0 Å². The van der Waals surface area contributed by atoms with Gasteiger partial charge in [-0.3, -0.25) is 0 Å². The standard InChI is InChI=1S/C32H56O13/c1-7-32(6,45-30-28(40)26(38)24(36)21(17-34)43-30)15-9-12-18(2)10-8-11-19(3)13-14-22(31(4,5)41)44-29-27(39)25(37)23(35)20(16-33)42-29/h7,11-12,20-30,33-41H,1,8-10,13-17H2,2-6H3/b18-12+,19-11+/t20-,21-,22?,23-,24-,25+,26+,27-,28-,29+,30+,32?/m1/s1. The van der Waals surface area contributed by atoms with E-state index in [4.69, 9.17) is 18.9 Å². The number of aliphatic hydroxyl groups excluding tert-OH is 8. The number of hydrogen-bond acceptors (Lipinski definition) is 13. The first-order valence-corrected chi connectivity index (χ1v) is 15.6. The van der Waals surface area contributed by atoms with Crippen LogP contribution >= 0.6 is 0 Å². The average molecular weight is 649 g/mol. The molecule has 0 spiro atoms. The third-order valence-electron chi connectivity index (χ3n) is 8.57. The van der Waals surface area contributed by atoms with Crippen LogP contribution in [0.2, 0.25) is 0 Å². The molecule has 2 aliphatic rings. The SMILES string of the molecule is C=CC(C)(CC/C=C(\C)CC/C=C(\C)CCC(O[C@@H]1O[C@H](CO)[C@@H](O)[C@H](O)[C@H]1O)C(C)(C)O)O[C@@H]1O[C@H](CO)[C@@H](O)[C@H](O)[C@H]1O. The van der Waals surface area contributed by atoms with E-state index in [-0.39, 0.29) is 0 Å². The molecule has 2 rings (SSSR count). The summed E-state index contributed by atoms with van der Waals surface area (Å²) in [5.74, 6) is 0. The predicted octanol–water partition coefficient (Wildman–Crippen LogP) is -0.0632. The summed E-state index contributed by atoms with van der Waals surface area (Å²) in [6.45, 7) is 11.6. The third kappa shape index (κ3) is 11.4. The molecule has 13 nitrogen and oxygen atoms in total. The molecule has 12 atom stereocenters. The van der Waals surface area contributed by atoms with Gasteiger partial charge < -0.3 is 64.9 Å². The van der Waals surface area contributed by atoms with Gasteiger partial charge in [-0.05, 0) is 73.1 Å². The average Bonchev–Trinajstić information content (AvgIpc) is 2.98. The molecule has 0 aromatic heterocycles. The van der Waals surface area contributed by atoms with E-state index in [0.717, 1.165) is 24.0 Å². The van der Waals surface area contributed by atoms with Gasteiger partial charge in [-0.15, -0.1) is 6.58 Å². The van der Waals surface area contributed by atoms with Crippen LogP contribution in [0.4, 0.5) is 0 Å². The summed E-state index contributed by atoms with van der Waals surface area (Å²) in [4.78, 5) is 0. The smallest absolute Gasteiger partial charge is 0.187 e. The summed E-state index contributed by atoms with van der Waals surface area (Å²) in [6, 6.07) is 0. The fourth-order valence-corrected chi connectivity index (χ4v) is 5.28. The van der Waals surface area contributed by atoms with Gasteiger partial charge in [0.15, 0.2) is 12.6 Å². The first-order chi connectivity index (χ1) is 21.0. The fourth-order valence-electron chi connectivity index (χ4n) is 5.28. The second-order valence-corrected chi connectivity index (χ2v) is 13.0. The molecule has 0 bridgehead atoms. The molecular weight excluding hydrogens is 592 g/mol. The van der Waals surface area contributed by atoms with Crippen molar-refractivity contribution in [1.82, 2.24) is 0 Å². The Balaban J connectivity index is 1.86. The van der Waals surface area contributed by atoms with Gasteiger partial charge in [0, 0.05) is 0 Å². The number of aliphatic hydroxyl groups is 9. The van der Waals surface area contributed by atoms with Crippen molar-refractivity contribution in [3.05, 3.63) is 36.0 Å². The zero-order valence-electron chi connectivity index (χ0n) is 27.1. The van der Waals surface area contributed by atoms with Crippen LogP contribution in [0.25, 0.3) is 0 Å². The van der Waals surface area contributed by atoms with Crippen LogP contribution in [0.5, 0.6) is 0 Å². The van der Waals surface area contributed by atoms with Crippen LogP contribution in [-0.2, 0) is 18.9 Å². The van der Waals surface area contributed by atoms with Gasteiger partial charge in [-0.1, -0.05) is 29.4 Å². The van der Waals surface area contributed by atoms with Gasteiger partial charge >= 0.3 is 0 Å². The summed E-state index contributed by atoms with van der Waals surface area (Å²) in [7, 11) is 0. The highest BCUT2D eigenvalue weighted by Gasteiger charge is 2.47. The lowest BCUT2D eigenvalue weighted by atomic mass is 9.94. The maximum atomic E-state index is 10.7. The van der Waals surface area contributed by atoms with E-state index in [1.54, 1.807) is 26.8 Å². The third-order valence-corrected chi connectivity index (χ3v) is 8.57. The first kappa shape index (κ1) is 39.9. The second kappa shape index (κ2) is 17.7. The summed E-state index contributed by atoms with van der Waals surface area (Å²) in [6.07, 6.45) is -5.15. The fraction of sp³-hybridized carbons (Fsp3) is 0.812. The Morgan fingerprint density at radius 1 is 0.756 bits per heavy atom. The lowest BCUT2D eigenvalue weighted by molar-refractivity contribution is -0.322. The molecule has 9 N–H and O–H groups in total. The van der Waals surface area contributed by atoms with Crippen molar-refractivity contribution in [2.24, 2.45) is 0 Å². The van der Waals surface area contributed by atoms with E-state index in [2.05, 4.69) is 18.7 Å². The van der Waals surface area contributed by atoms with E-state index >= 15 is 0 Å². The summed E-state index contributed by atoms with van der Waals surface area (Å²) >= 11 is 0. The van der Waals surface area contributed by atoms with Gasteiger partial charge in [0.05, 0.1) is 30.5 Å². The zero-order valence-corrected chi connectivity index (χ0v) is 27.1. The van der Waals surface area contributed by atoms with Gasteiger partial charge in [0.25, 0.3) is 0 Å². The normalized spacial score (nSPS) is 35.6. The number of rotatable bonds is 17. The summed E-state index contributed by atoms with van der Waals surface area (Å²) in [5, 5.41) is 90.3. The van der Waals surface area contributed by atoms with Crippen LogP contribution in [-0.4, -0.2) is 138 Å². The maximum absolute atomic E-state index is 10.7. The minimum absolute atomic E-state index is 0.393. The molecule has 45 heavy (non-hydrogen) atoms. The molecule has 0 aromatic carbocycles. The Labute approximate surface area is 266 Å². The van der Waals surface area contributed by atoms with Gasteiger partial charge in [0.1, 0.15) is 48.8 Å². The Morgan fingerprint density at radius 3 is 1.76 bits per heavy atom. The van der Waals surface area contributed by atoms with Crippen molar-refractivity contribution in [2.45, 2.75) is 152 Å². The Morgan fingerprint density at radius 2 is 1.24 bits per heavy atom. The van der Waals surface area contributed by atoms with Crippen molar-refractivity contribution in [3.63, 3.8) is 0 Å². The quantitative estimate of drug-likeness (QED) is 0.0945. The minimum Gasteiger partial charge on any atom is -0.394 e. The van der Waals surface area contributed by atoms with Gasteiger partial charge in [0.2, 0.25) is 0 Å². The van der Waals surface area contributed by atoms with Crippen molar-refractivity contribution in [3.8, 4) is 0 Å². The zero-order chi connectivity index (χ0) is 34.1. The second-order valence-electron chi connectivity index (χ2n) is 13.0. The lowest BCUT2D eigenvalue weighted by Crippen LogP contribution is -2.60. The number of hydrogen-bond donors (Lipinski definition) is 9. The minimum atomic E-state index is -1.57. The number of allylic oxidation sites excluding steroid dienone is 4. The van der Waals surface area contributed by atoms with E-state index in [0.29, 0.717) is 25.7 Å². The molecule has 0 amide bonds. The Kier molecular flexibility index (Phi) is 15.7. The molecule has 262 valence electrons. The van der Waals surface area contributed by atoms with E-state index < -0.39 is 91.9 Å². The van der Waals surface area contributed by atoms with Crippen molar-refractivity contribution in [1.29, 1.82) is 0 Å². The Hall–Kier alpha value is -1.30. The molecule has 2 aliphatic heterocycles. The molecule has 2 heterocycles. The van der Waals surface area contributed by atoms with Crippen molar-refractivity contribution in [2.75, 3.05) is 13.2 Å². The summed E-state index contributed by atoms with van der Waals surface area (Å²) in [5.41, 5.74) is 0.0146. The molecular formula is C32H56O13. The first-order valence-electron chi connectivity index (χ1n) is 15.6. The highest BCUT2D eigenvalue weighted by atomic mass is 16.7. The van der Waals surface area contributed by atoms with E-state index in [9.17, 15) is 46.0 Å². The molecule has 2 unspecified atom stereocenters. The highest BCUT2D eigenvalue weighted by Crippen LogP contribution is 2.30. The molecule has 13 heteroatoms. The molecule has 0 radical (unpaired) electrons. The van der Waals surface area contributed by atoms with Crippen LogP contribution < -0.4 is 0 Å². The maximum Gasteiger partial charge on any atom is 0.187 e. The van der Waals surface area contributed by atoms with Crippen LogP contribution in [0.3, 0.4) is 0 Å². The monoisotopic (exact) mass is 648 g/mol. The van der Waals surface area contributed by atoms with Crippen molar-refractivity contribution < 1.29 is 64.9 Å². The largest absolute Gasteiger partial charge is 0.394 e. The molecule has 0 aromatic rings. The van der Waals surface area contributed by atoms with Crippen molar-refractivity contribution >= 4 is 0 Å². The van der Waals surface area contributed by atoms with Gasteiger partial charge in [-0.25, -0.2) is 0 Å². The van der Waals surface area contributed by atoms with Gasteiger partial charge in [-0.2, -0.15) is 0 Å². The lowest BCUT2D eigenvalue weighted by Gasteiger charge is -2.42. The molecule has 2 fully saturated rings. The Bertz CT molecular complexity index is 961. The van der Waals surface area contributed by atoms with E-state index in [1.807, 2.05) is 13.8 Å². The summed E-state index contributed by atoms with van der Waals surface area (Å²) < 4.78 is 22.7. The predicted molar refractivity (Wildman–Crippen MR) is 164 cm³/mol. The highest BCUT2D eigenvalue weighted by molar-refractivity contribution is 5.06. The number of ether oxygens (including phenoxy) is 4. The molecule has 2 saturated heterocycles. The van der Waals surface area contributed by atoms with Crippen LogP contribution in [0.15, 0.2) is 36.0 Å². The molecule has 0 saturated carbocycles. The van der Waals surface area contributed by atoms with Crippen LogP contribution in [0, 0.1) is 0 Å². The topological polar surface area (TPSA) is 219 Å². The molecule has 0 aliphatic carbocycles. The van der Waals surface area contributed by atoms with Crippen LogP contribution in [0.1, 0.15) is 73.1 Å².